The fourth-order valence-corrected chi connectivity index (χ4v) is 6.06. The number of anilines is 1. The lowest BCUT2D eigenvalue weighted by Crippen LogP contribution is -2.54. The van der Waals surface area contributed by atoms with E-state index in [1.807, 2.05) is 61.0 Å². The van der Waals surface area contributed by atoms with Crippen LogP contribution in [0.2, 0.25) is 5.02 Å². The van der Waals surface area contributed by atoms with Crippen LogP contribution in [0.1, 0.15) is 51.7 Å². The quantitative estimate of drug-likeness (QED) is 0.320. The normalized spacial score (nSPS) is 15.6. The van der Waals surface area contributed by atoms with Gasteiger partial charge in [0.1, 0.15) is 11.6 Å². The Kier molecular flexibility index (Phi) is 7.43. The van der Waals surface area contributed by atoms with Gasteiger partial charge >= 0.3 is 0 Å². The van der Waals surface area contributed by atoms with Crippen molar-refractivity contribution in [2.75, 3.05) is 24.5 Å². The number of nitriles is 1. The van der Waals surface area contributed by atoms with Crippen LogP contribution in [0.3, 0.4) is 0 Å². The van der Waals surface area contributed by atoms with Crippen molar-refractivity contribution in [1.82, 2.24) is 19.2 Å². The van der Waals surface area contributed by atoms with Crippen molar-refractivity contribution in [3.05, 3.63) is 75.2 Å². The Hall–Kier alpha value is -4.09. The summed E-state index contributed by atoms with van der Waals surface area (Å²) in [6.45, 7) is 11.9. The molecule has 0 unspecified atom stereocenters. The summed E-state index contributed by atoms with van der Waals surface area (Å²) in [5, 5.41) is 16.1. The second-order valence-electron chi connectivity index (χ2n) is 10.6. The number of carbonyl (C=O) groups is 1. The van der Waals surface area contributed by atoms with Gasteiger partial charge in [0.05, 0.1) is 27.6 Å². The van der Waals surface area contributed by atoms with Crippen molar-refractivity contribution < 1.29 is 4.79 Å². The number of halogens is 1. The maximum atomic E-state index is 14.3. The number of nitrogens with zero attached hydrogens (tertiary/aromatic N) is 6. The van der Waals surface area contributed by atoms with Crippen LogP contribution < -0.4 is 10.5 Å². The van der Waals surface area contributed by atoms with Crippen molar-refractivity contribution >= 4 is 34.1 Å². The average molecular weight is 557 g/mol. The van der Waals surface area contributed by atoms with E-state index in [4.69, 9.17) is 11.6 Å². The molecule has 1 amide bonds. The van der Waals surface area contributed by atoms with Gasteiger partial charge in [-0.25, -0.2) is 0 Å². The minimum atomic E-state index is -0.378. The summed E-state index contributed by atoms with van der Waals surface area (Å²) < 4.78 is 3.53. The number of para-hydroxylation sites is 1. The van der Waals surface area contributed by atoms with Gasteiger partial charge in [0.15, 0.2) is 0 Å². The molecule has 2 aromatic carbocycles. The molecule has 40 heavy (non-hydrogen) atoms. The number of aromatic nitrogens is 3. The summed E-state index contributed by atoms with van der Waals surface area (Å²) in [4.78, 5) is 30.3. The van der Waals surface area contributed by atoms with Crippen LogP contribution in [-0.2, 0) is 11.3 Å². The van der Waals surface area contributed by atoms with Crippen molar-refractivity contribution in [3.63, 3.8) is 0 Å². The first-order valence-electron chi connectivity index (χ1n) is 13.6. The highest BCUT2D eigenvalue weighted by atomic mass is 35.5. The molecule has 0 radical (unpaired) electrons. The first kappa shape index (κ1) is 27.5. The smallest absolute Gasteiger partial charge is 0.275 e. The maximum Gasteiger partial charge on any atom is 0.275 e. The molecule has 1 atom stereocenters. The van der Waals surface area contributed by atoms with E-state index in [0.717, 1.165) is 22.5 Å². The first-order chi connectivity index (χ1) is 19.2. The van der Waals surface area contributed by atoms with E-state index in [1.54, 1.807) is 22.6 Å². The lowest BCUT2D eigenvalue weighted by atomic mass is 9.98. The highest BCUT2D eigenvalue weighted by molar-refractivity contribution is 6.34. The first-order valence-corrected chi connectivity index (χ1v) is 14.0. The number of aryl methyl sites for hydroxylation is 1. The summed E-state index contributed by atoms with van der Waals surface area (Å²) in [6, 6.07) is 15.7. The third-order valence-corrected chi connectivity index (χ3v) is 8.11. The molecular formula is C31H33ClN6O2. The summed E-state index contributed by atoms with van der Waals surface area (Å²) in [6.07, 6.45) is 1.74. The van der Waals surface area contributed by atoms with E-state index in [2.05, 4.69) is 29.9 Å². The van der Waals surface area contributed by atoms with E-state index >= 15 is 0 Å². The number of pyridine rings is 1. The molecule has 1 aliphatic heterocycles. The van der Waals surface area contributed by atoms with Crippen LogP contribution in [0.4, 0.5) is 5.69 Å². The third-order valence-electron chi connectivity index (χ3n) is 7.80. The third kappa shape index (κ3) is 4.54. The van der Waals surface area contributed by atoms with Crippen LogP contribution >= 0.6 is 11.6 Å². The summed E-state index contributed by atoms with van der Waals surface area (Å²) >= 11 is 6.97. The summed E-state index contributed by atoms with van der Waals surface area (Å²) in [5.41, 5.74) is 4.26. The van der Waals surface area contributed by atoms with Gasteiger partial charge < -0.3 is 9.80 Å². The summed E-state index contributed by atoms with van der Waals surface area (Å²) in [7, 11) is 0. The molecule has 3 heterocycles. The second kappa shape index (κ2) is 10.8. The zero-order valence-corrected chi connectivity index (χ0v) is 24.2. The van der Waals surface area contributed by atoms with Gasteiger partial charge in [-0.3, -0.25) is 18.8 Å². The fraction of sp³-hybridized carbons (Fsp3) is 0.355. The molecular weight excluding hydrogens is 524 g/mol. The number of amides is 1. The van der Waals surface area contributed by atoms with Crippen LogP contribution in [0.25, 0.3) is 27.8 Å². The van der Waals surface area contributed by atoms with Crippen LogP contribution in [0, 0.1) is 11.3 Å². The number of hydrogen-bond acceptors (Lipinski definition) is 5. The zero-order valence-electron chi connectivity index (χ0n) is 23.5. The number of rotatable bonds is 5. The Balaban J connectivity index is 1.89. The highest BCUT2D eigenvalue weighted by Crippen LogP contribution is 2.39. The Morgan fingerprint density at radius 2 is 1.95 bits per heavy atom. The SMILES string of the molecule is CCn1nccc1-c1cc2c(cc1Cl)c(N1CCN(C(C)=O)C[C@@H]1C)c(C#N)c(=O)n2-c1ccccc1C(C)C. The van der Waals surface area contributed by atoms with E-state index < -0.39 is 0 Å². The number of hydrogen-bond donors (Lipinski definition) is 0. The van der Waals surface area contributed by atoms with Gasteiger partial charge in [-0.05, 0) is 49.6 Å². The molecule has 1 aliphatic rings. The average Bonchev–Trinajstić information content (AvgIpc) is 3.41. The Morgan fingerprint density at radius 1 is 1.20 bits per heavy atom. The lowest BCUT2D eigenvalue weighted by Gasteiger charge is -2.41. The van der Waals surface area contributed by atoms with Gasteiger partial charge in [0, 0.05) is 56.3 Å². The van der Waals surface area contributed by atoms with Crippen molar-refractivity contribution in [2.24, 2.45) is 0 Å². The summed E-state index contributed by atoms with van der Waals surface area (Å²) in [5.74, 6) is 0.161. The molecule has 206 valence electrons. The zero-order chi connectivity index (χ0) is 28.7. The van der Waals surface area contributed by atoms with E-state index in [1.165, 1.54) is 0 Å². The molecule has 1 fully saturated rings. The van der Waals surface area contributed by atoms with Crippen molar-refractivity contribution in [2.45, 2.75) is 53.1 Å². The standard InChI is InChI=1S/C31H33ClN6O2/c1-6-37-27(11-12-34-37)23-16-29-24(15-26(23)32)30(36-14-13-35(21(5)39)18-20(36)4)25(17-33)31(40)38(29)28-10-8-7-9-22(28)19(2)3/h7-12,15-16,19-20H,6,13-14,18H2,1-5H3/t20-/m0/s1. The molecule has 0 spiro atoms. The predicted molar refractivity (Wildman–Crippen MR) is 159 cm³/mol. The van der Waals surface area contributed by atoms with Gasteiger partial charge in [-0.2, -0.15) is 10.4 Å². The predicted octanol–water partition coefficient (Wildman–Crippen LogP) is 5.58. The largest absolute Gasteiger partial charge is 0.363 e. The second-order valence-corrected chi connectivity index (χ2v) is 11.0. The fourth-order valence-electron chi connectivity index (χ4n) is 5.80. The van der Waals surface area contributed by atoms with Crippen LogP contribution in [0.15, 0.2) is 53.5 Å². The Bertz CT molecular complexity index is 1710. The topological polar surface area (TPSA) is 87.2 Å². The van der Waals surface area contributed by atoms with Crippen molar-refractivity contribution in [3.8, 4) is 23.0 Å². The maximum absolute atomic E-state index is 14.3. The number of fused-ring (bicyclic) bond motifs is 1. The van der Waals surface area contributed by atoms with Gasteiger partial charge in [-0.1, -0.05) is 43.6 Å². The molecule has 5 rings (SSSR count). The van der Waals surface area contributed by atoms with Crippen molar-refractivity contribution in [1.29, 1.82) is 5.26 Å². The minimum Gasteiger partial charge on any atom is -0.363 e. The molecule has 0 saturated carbocycles. The number of carbonyl (C=O) groups excluding carboxylic acids is 1. The van der Waals surface area contributed by atoms with E-state index in [-0.39, 0.29) is 29.0 Å². The van der Waals surface area contributed by atoms with Crippen LogP contribution in [0.5, 0.6) is 0 Å². The van der Waals surface area contributed by atoms with Gasteiger partial charge in [0.25, 0.3) is 5.56 Å². The van der Waals surface area contributed by atoms with E-state index in [0.29, 0.717) is 47.8 Å². The molecule has 4 aromatic rings. The molecule has 0 aliphatic carbocycles. The highest BCUT2D eigenvalue weighted by Gasteiger charge is 2.31. The molecule has 8 nitrogen and oxygen atoms in total. The Morgan fingerprint density at radius 3 is 2.60 bits per heavy atom. The van der Waals surface area contributed by atoms with Gasteiger partial charge in [0.2, 0.25) is 5.91 Å². The minimum absolute atomic E-state index is 0.0118. The molecule has 2 aromatic heterocycles. The van der Waals surface area contributed by atoms with Crippen LogP contribution in [-0.4, -0.2) is 50.8 Å². The Labute approximate surface area is 239 Å². The number of piperazine rings is 1. The lowest BCUT2D eigenvalue weighted by molar-refractivity contribution is -0.129. The monoisotopic (exact) mass is 556 g/mol. The molecule has 0 N–H and O–H groups in total. The molecule has 1 saturated heterocycles. The molecule has 9 heteroatoms. The number of benzene rings is 2. The van der Waals surface area contributed by atoms with E-state index in [9.17, 15) is 14.9 Å². The van der Waals surface area contributed by atoms with Gasteiger partial charge in [-0.15, -0.1) is 0 Å². The molecule has 0 bridgehead atoms.